The van der Waals surface area contributed by atoms with Crippen molar-refractivity contribution in [3.8, 4) is 0 Å². The number of nitrogens with zero attached hydrogens (tertiary/aromatic N) is 1. The summed E-state index contributed by atoms with van der Waals surface area (Å²) in [6.45, 7) is 1.54. The first-order valence-electron chi connectivity index (χ1n) is 6.05. The Morgan fingerprint density at radius 2 is 2.24 bits per heavy atom. The van der Waals surface area contributed by atoms with Gasteiger partial charge in [-0.05, 0) is 31.4 Å². The van der Waals surface area contributed by atoms with Crippen molar-refractivity contribution >= 4 is 21.6 Å². The molecule has 2 heterocycles. The molecule has 0 spiro atoms. The first kappa shape index (κ1) is 11.0. The van der Waals surface area contributed by atoms with E-state index in [1.807, 2.05) is 28.2 Å². The molecule has 1 aliphatic rings. The van der Waals surface area contributed by atoms with Crippen LogP contribution in [0.4, 0.5) is 0 Å². The predicted octanol–water partition coefficient (Wildman–Crippen LogP) is 2.63. The van der Waals surface area contributed by atoms with Crippen molar-refractivity contribution in [1.29, 1.82) is 0 Å². The summed E-state index contributed by atoms with van der Waals surface area (Å²) in [4.78, 5) is 12.1. The van der Waals surface area contributed by atoms with Gasteiger partial charge in [0.25, 0.3) is 5.56 Å². The van der Waals surface area contributed by atoms with Crippen LogP contribution in [-0.2, 0) is 11.3 Å². The van der Waals surface area contributed by atoms with Crippen LogP contribution in [0.15, 0.2) is 29.1 Å². The Balaban J connectivity index is 1.89. The lowest BCUT2D eigenvalue weighted by molar-refractivity contribution is 0.00726. The Bertz CT molecular complexity index is 566. The molecule has 0 aliphatic carbocycles. The number of benzene rings is 1. The third-order valence-corrected chi connectivity index (χ3v) is 4.28. The lowest BCUT2D eigenvalue weighted by atomic mass is 10.1. The molecule has 1 fully saturated rings. The van der Waals surface area contributed by atoms with Crippen LogP contribution >= 0.6 is 11.5 Å². The minimum atomic E-state index is 0.125. The van der Waals surface area contributed by atoms with Crippen molar-refractivity contribution in [2.75, 3.05) is 6.61 Å². The quantitative estimate of drug-likeness (QED) is 0.819. The Hall–Kier alpha value is -1.13. The van der Waals surface area contributed by atoms with Gasteiger partial charge in [0.1, 0.15) is 0 Å². The third kappa shape index (κ3) is 2.15. The normalized spacial score (nSPS) is 20.8. The molecular formula is C13H15NO2S. The minimum absolute atomic E-state index is 0.125. The molecule has 1 saturated heterocycles. The Morgan fingerprint density at radius 1 is 1.35 bits per heavy atom. The number of hydrogen-bond donors (Lipinski definition) is 0. The molecule has 1 aromatic carbocycles. The van der Waals surface area contributed by atoms with Gasteiger partial charge in [-0.15, -0.1) is 0 Å². The second-order valence-electron chi connectivity index (χ2n) is 4.44. The van der Waals surface area contributed by atoms with E-state index in [-0.39, 0.29) is 11.7 Å². The molecule has 3 rings (SSSR count). The highest BCUT2D eigenvalue weighted by atomic mass is 32.1. The van der Waals surface area contributed by atoms with Crippen molar-refractivity contribution in [3.63, 3.8) is 0 Å². The first-order chi connectivity index (χ1) is 8.34. The molecule has 1 aliphatic heterocycles. The van der Waals surface area contributed by atoms with Crippen LogP contribution in [0, 0.1) is 0 Å². The van der Waals surface area contributed by atoms with E-state index in [4.69, 9.17) is 4.74 Å². The van der Waals surface area contributed by atoms with Crippen molar-refractivity contribution in [1.82, 2.24) is 3.96 Å². The number of aromatic nitrogens is 1. The van der Waals surface area contributed by atoms with Crippen molar-refractivity contribution in [2.24, 2.45) is 0 Å². The van der Waals surface area contributed by atoms with E-state index in [9.17, 15) is 4.79 Å². The van der Waals surface area contributed by atoms with Gasteiger partial charge >= 0.3 is 0 Å². The molecule has 0 saturated carbocycles. The molecule has 17 heavy (non-hydrogen) atoms. The molecule has 0 N–H and O–H groups in total. The van der Waals surface area contributed by atoms with Gasteiger partial charge in [-0.2, -0.15) is 0 Å². The lowest BCUT2D eigenvalue weighted by Gasteiger charge is -2.22. The van der Waals surface area contributed by atoms with Gasteiger partial charge in [0.05, 0.1) is 22.7 Å². The second kappa shape index (κ2) is 4.63. The van der Waals surface area contributed by atoms with E-state index in [1.54, 1.807) is 11.5 Å². The zero-order valence-electron chi connectivity index (χ0n) is 9.59. The monoisotopic (exact) mass is 249 g/mol. The molecule has 0 radical (unpaired) electrons. The highest BCUT2D eigenvalue weighted by Gasteiger charge is 2.16. The summed E-state index contributed by atoms with van der Waals surface area (Å²) in [7, 11) is 0. The Kier molecular flexibility index (Phi) is 2.99. The molecule has 0 amide bonds. The van der Waals surface area contributed by atoms with Crippen molar-refractivity contribution in [2.45, 2.75) is 31.9 Å². The Labute approximate surface area is 104 Å². The predicted molar refractivity (Wildman–Crippen MR) is 69.7 cm³/mol. The maximum Gasteiger partial charge on any atom is 0.268 e. The maximum absolute atomic E-state index is 12.1. The van der Waals surface area contributed by atoms with E-state index in [0.717, 1.165) is 29.5 Å². The molecule has 1 atom stereocenters. The number of ether oxygens (including phenoxy) is 1. The molecule has 0 unspecified atom stereocenters. The summed E-state index contributed by atoms with van der Waals surface area (Å²) < 4.78 is 8.58. The zero-order valence-corrected chi connectivity index (χ0v) is 10.4. The van der Waals surface area contributed by atoms with E-state index < -0.39 is 0 Å². The summed E-state index contributed by atoms with van der Waals surface area (Å²) in [5.41, 5.74) is 0.125. The zero-order chi connectivity index (χ0) is 11.7. The van der Waals surface area contributed by atoms with E-state index >= 15 is 0 Å². The fraction of sp³-hybridized carbons (Fsp3) is 0.462. The topological polar surface area (TPSA) is 31.2 Å². The van der Waals surface area contributed by atoms with Gasteiger partial charge < -0.3 is 4.74 Å². The van der Waals surface area contributed by atoms with E-state index in [2.05, 4.69) is 0 Å². The fourth-order valence-corrected chi connectivity index (χ4v) is 3.33. The van der Waals surface area contributed by atoms with Gasteiger partial charge in [-0.1, -0.05) is 23.7 Å². The smallest absolute Gasteiger partial charge is 0.268 e. The number of hydrogen-bond acceptors (Lipinski definition) is 3. The van der Waals surface area contributed by atoms with Crippen molar-refractivity contribution in [3.05, 3.63) is 34.6 Å². The molecular weight excluding hydrogens is 234 g/mol. The van der Waals surface area contributed by atoms with Crippen LogP contribution in [0.2, 0.25) is 0 Å². The van der Waals surface area contributed by atoms with E-state index in [0.29, 0.717) is 6.54 Å². The molecule has 1 aromatic heterocycles. The number of fused-ring (bicyclic) bond motifs is 1. The first-order valence-corrected chi connectivity index (χ1v) is 6.82. The second-order valence-corrected chi connectivity index (χ2v) is 5.51. The average Bonchev–Trinajstić information content (AvgIpc) is 2.68. The summed E-state index contributed by atoms with van der Waals surface area (Å²) in [5.74, 6) is 0. The van der Waals surface area contributed by atoms with Crippen LogP contribution in [0.1, 0.15) is 19.3 Å². The molecule has 0 bridgehead atoms. The maximum atomic E-state index is 12.1. The SMILES string of the molecule is O=c1c2ccccc2sn1C[C@H]1CCCCO1. The molecule has 90 valence electrons. The average molecular weight is 249 g/mol. The van der Waals surface area contributed by atoms with E-state index in [1.165, 1.54) is 6.42 Å². The molecule has 2 aromatic rings. The van der Waals surface area contributed by atoms with Gasteiger partial charge in [0.15, 0.2) is 0 Å². The van der Waals surface area contributed by atoms with Crippen LogP contribution in [0.5, 0.6) is 0 Å². The van der Waals surface area contributed by atoms with Crippen LogP contribution in [-0.4, -0.2) is 16.7 Å². The third-order valence-electron chi connectivity index (χ3n) is 3.20. The van der Waals surface area contributed by atoms with Crippen LogP contribution in [0.3, 0.4) is 0 Å². The fourth-order valence-electron chi connectivity index (χ4n) is 2.27. The lowest BCUT2D eigenvalue weighted by Crippen LogP contribution is -2.27. The molecule has 3 nitrogen and oxygen atoms in total. The summed E-state index contributed by atoms with van der Waals surface area (Å²) in [5, 5.41) is 0.827. The molecule has 4 heteroatoms. The largest absolute Gasteiger partial charge is 0.376 e. The van der Waals surface area contributed by atoms with Gasteiger partial charge in [-0.25, -0.2) is 0 Å². The highest BCUT2D eigenvalue weighted by Crippen LogP contribution is 2.19. The number of rotatable bonds is 2. The van der Waals surface area contributed by atoms with Gasteiger partial charge in [0, 0.05) is 6.61 Å². The van der Waals surface area contributed by atoms with Crippen molar-refractivity contribution < 1.29 is 4.74 Å². The Morgan fingerprint density at radius 3 is 3.00 bits per heavy atom. The summed E-state index contributed by atoms with van der Waals surface area (Å²) in [6.07, 6.45) is 3.65. The van der Waals surface area contributed by atoms with Crippen LogP contribution < -0.4 is 5.56 Å². The highest BCUT2D eigenvalue weighted by molar-refractivity contribution is 7.13. The van der Waals surface area contributed by atoms with Gasteiger partial charge in [0.2, 0.25) is 0 Å². The summed E-state index contributed by atoms with van der Waals surface area (Å²) >= 11 is 1.54. The van der Waals surface area contributed by atoms with Gasteiger partial charge in [-0.3, -0.25) is 8.75 Å². The standard InChI is InChI=1S/C13H15NO2S/c15-13-11-6-1-2-7-12(11)17-14(13)9-10-5-3-4-8-16-10/h1-2,6-7,10H,3-5,8-9H2/t10-/m1/s1. The minimum Gasteiger partial charge on any atom is -0.376 e. The van der Waals surface area contributed by atoms with Crippen LogP contribution in [0.25, 0.3) is 10.1 Å². The summed E-state index contributed by atoms with van der Waals surface area (Å²) in [6, 6.07) is 7.78.